The lowest BCUT2D eigenvalue weighted by Gasteiger charge is -2.45. The van der Waals surface area contributed by atoms with E-state index in [1.807, 2.05) is 45.0 Å². The highest BCUT2D eigenvalue weighted by atomic mass is 79.9. The van der Waals surface area contributed by atoms with Gasteiger partial charge in [0.05, 0.1) is 25.2 Å². The third kappa shape index (κ3) is 8.39. The Labute approximate surface area is 254 Å². The Kier molecular flexibility index (Phi) is 10.3. The second-order valence-electron chi connectivity index (χ2n) is 12.7. The third-order valence-corrected chi connectivity index (χ3v) is 12.8. The van der Waals surface area contributed by atoms with Crippen molar-refractivity contribution < 1.29 is 23.4 Å². The first kappa shape index (κ1) is 31.6. The molecular weight excluding hydrogens is 596 g/mol. The maximum Gasteiger partial charge on any atom is 0.308 e. The van der Waals surface area contributed by atoms with Gasteiger partial charge in [-0.3, -0.25) is 4.79 Å². The van der Waals surface area contributed by atoms with E-state index in [2.05, 4.69) is 97.4 Å². The molecule has 1 saturated heterocycles. The zero-order valence-electron chi connectivity index (χ0n) is 25.1. The standard InChI is InChI=1S/C34H43BrO5Si/c1-33(2,3)39-31(36)23-30(32-29(38-32)21-22-37-24-25-17-19-26(35)20-18-25)40-41(34(4,5)6,27-13-9-7-10-14-27)28-15-11-8-12-16-28/h7-20,29-30,32H,21-24H2,1-6H3/t29-,30-,32+/m1/s1. The van der Waals surface area contributed by atoms with Gasteiger partial charge in [0.1, 0.15) is 11.7 Å². The van der Waals surface area contributed by atoms with E-state index in [-0.39, 0.29) is 29.6 Å². The van der Waals surface area contributed by atoms with Crippen molar-refractivity contribution in [2.75, 3.05) is 6.61 Å². The van der Waals surface area contributed by atoms with Crippen LogP contribution in [0.3, 0.4) is 0 Å². The van der Waals surface area contributed by atoms with E-state index in [1.54, 1.807) is 0 Å². The minimum atomic E-state index is -2.90. The highest BCUT2D eigenvalue weighted by Gasteiger charge is 2.55. The normalized spacial score (nSPS) is 18.1. The summed E-state index contributed by atoms with van der Waals surface area (Å²) in [6, 6.07) is 29.1. The maximum atomic E-state index is 13.2. The lowest BCUT2D eigenvalue weighted by Crippen LogP contribution is -2.68. The van der Waals surface area contributed by atoms with Crippen LogP contribution in [-0.2, 0) is 30.0 Å². The Morgan fingerprint density at radius 3 is 1.95 bits per heavy atom. The summed E-state index contributed by atoms with van der Waals surface area (Å²) in [5, 5.41) is 2.12. The molecule has 0 N–H and O–H groups in total. The molecule has 0 radical (unpaired) electrons. The number of hydrogen-bond donors (Lipinski definition) is 0. The zero-order chi connectivity index (χ0) is 29.7. The van der Waals surface area contributed by atoms with Gasteiger partial charge in [-0.05, 0) is 60.3 Å². The molecule has 0 amide bonds. The van der Waals surface area contributed by atoms with Crippen molar-refractivity contribution >= 4 is 40.6 Å². The topological polar surface area (TPSA) is 57.3 Å². The molecule has 0 bridgehead atoms. The summed E-state index contributed by atoms with van der Waals surface area (Å²) in [6.45, 7) is 13.5. The molecule has 0 spiro atoms. The van der Waals surface area contributed by atoms with Crippen LogP contribution in [0.5, 0.6) is 0 Å². The molecular formula is C34H43BrO5Si. The third-order valence-electron chi connectivity index (χ3n) is 7.25. The van der Waals surface area contributed by atoms with Gasteiger partial charge in [-0.1, -0.05) is 109 Å². The number of esters is 1. The van der Waals surface area contributed by atoms with Gasteiger partial charge in [0, 0.05) is 11.1 Å². The first-order valence-electron chi connectivity index (χ1n) is 14.4. The number of epoxide rings is 1. The summed E-state index contributed by atoms with van der Waals surface area (Å²) in [7, 11) is -2.90. The van der Waals surface area contributed by atoms with Crippen molar-refractivity contribution in [3.8, 4) is 0 Å². The van der Waals surface area contributed by atoms with E-state index < -0.39 is 20.0 Å². The number of ether oxygens (including phenoxy) is 3. The van der Waals surface area contributed by atoms with Gasteiger partial charge in [0.15, 0.2) is 0 Å². The van der Waals surface area contributed by atoms with Crippen LogP contribution in [0, 0.1) is 0 Å². The van der Waals surface area contributed by atoms with Gasteiger partial charge in [-0.2, -0.15) is 0 Å². The molecule has 3 atom stereocenters. The Hall–Kier alpha value is -2.29. The molecule has 3 aromatic carbocycles. The number of rotatable bonds is 12. The molecule has 1 fully saturated rings. The molecule has 4 rings (SSSR count). The van der Waals surface area contributed by atoms with Crippen LogP contribution in [0.2, 0.25) is 5.04 Å². The van der Waals surface area contributed by atoms with E-state index in [9.17, 15) is 4.79 Å². The van der Waals surface area contributed by atoms with Crippen molar-refractivity contribution in [1.82, 2.24) is 0 Å². The van der Waals surface area contributed by atoms with E-state index in [1.165, 1.54) is 10.4 Å². The van der Waals surface area contributed by atoms with Crippen molar-refractivity contribution in [3.63, 3.8) is 0 Å². The summed E-state index contributed by atoms with van der Waals surface area (Å²) >= 11 is 3.47. The summed E-state index contributed by atoms with van der Waals surface area (Å²) in [5.41, 5.74) is 0.545. The quantitative estimate of drug-likeness (QED) is 0.0945. The molecule has 0 aromatic heterocycles. The number of benzene rings is 3. The molecule has 0 aliphatic carbocycles. The molecule has 1 aliphatic heterocycles. The van der Waals surface area contributed by atoms with Crippen molar-refractivity contribution in [2.24, 2.45) is 0 Å². The van der Waals surface area contributed by atoms with Gasteiger partial charge in [-0.15, -0.1) is 0 Å². The Bertz CT molecular complexity index is 1210. The van der Waals surface area contributed by atoms with Crippen LogP contribution < -0.4 is 10.4 Å². The smallest absolute Gasteiger partial charge is 0.308 e. The molecule has 0 unspecified atom stereocenters. The fourth-order valence-corrected chi connectivity index (χ4v) is 10.3. The Morgan fingerprint density at radius 1 is 0.878 bits per heavy atom. The summed E-state index contributed by atoms with van der Waals surface area (Å²) in [5.74, 6) is -0.277. The van der Waals surface area contributed by atoms with E-state index in [0.29, 0.717) is 13.2 Å². The fraction of sp³-hybridized carbons (Fsp3) is 0.441. The lowest BCUT2D eigenvalue weighted by molar-refractivity contribution is -0.157. The van der Waals surface area contributed by atoms with Crippen molar-refractivity contribution in [1.29, 1.82) is 0 Å². The summed E-state index contributed by atoms with van der Waals surface area (Å²) < 4.78 is 26.4. The molecule has 220 valence electrons. The van der Waals surface area contributed by atoms with Crippen LogP contribution in [0.1, 0.15) is 59.9 Å². The molecule has 1 aliphatic rings. The van der Waals surface area contributed by atoms with Crippen molar-refractivity contribution in [3.05, 3.63) is 95.0 Å². The highest BCUT2D eigenvalue weighted by Crippen LogP contribution is 2.41. The summed E-state index contributed by atoms with van der Waals surface area (Å²) in [4.78, 5) is 13.2. The second kappa shape index (κ2) is 13.3. The first-order chi connectivity index (χ1) is 19.4. The highest BCUT2D eigenvalue weighted by molar-refractivity contribution is 9.10. The number of carbonyl (C=O) groups excluding carboxylic acids is 1. The van der Waals surface area contributed by atoms with E-state index >= 15 is 0 Å². The number of halogens is 1. The van der Waals surface area contributed by atoms with Crippen LogP contribution in [0.25, 0.3) is 0 Å². The minimum absolute atomic E-state index is 0.0365. The molecule has 3 aromatic rings. The predicted molar refractivity (Wildman–Crippen MR) is 170 cm³/mol. The maximum absolute atomic E-state index is 13.2. The Morgan fingerprint density at radius 2 is 1.44 bits per heavy atom. The van der Waals surface area contributed by atoms with E-state index in [4.69, 9.17) is 18.6 Å². The molecule has 7 heteroatoms. The van der Waals surface area contributed by atoms with Gasteiger partial charge in [0.25, 0.3) is 8.32 Å². The number of hydrogen-bond acceptors (Lipinski definition) is 5. The molecule has 41 heavy (non-hydrogen) atoms. The SMILES string of the molecule is CC(C)(C)OC(=O)C[C@@H](O[Si](c1ccccc1)(c1ccccc1)C(C)(C)C)[C@H]1O[C@@H]1CCOCc1ccc(Br)cc1. The number of carbonyl (C=O) groups is 1. The van der Waals surface area contributed by atoms with Gasteiger partial charge < -0.3 is 18.6 Å². The average molecular weight is 640 g/mol. The molecule has 5 nitrogen and oxygen atoms in total. The van der Waals surface area contributed by atoms with Crippen molar-refractivity contribution in [2.45, 2.75) is 89.9 Å². The minimum Gasteiger partial charge on any atom is -0.460 e. The second-order valence-corrected chi connectivity index (χ2v) is 17.9. The lowest BCUT2D eigenvalue weighted by atomic mass is 10.1. The van der Waals surface area contributed by atoms with Crippen LogP contribution in [0.4, 0.5) is 0 Å². The monoisotopic (exact) mass is 638 g/mol. The first-order valence-corrected chi connectivity index (χ1v) is 17.1. The average Bonchev–Trinajstić information content (AvgIpc) is 3.69. The molecule has 1 heterocycles. The van der Waals surface area contributed by atoms with Crippen LogP contribution >= 0.6 is 15.9 Å². The van der Waals surface area contributed by atoms with Crippen LogP contribution in [-0.4, -0.2) is 44.8 Å². The largest absolute Gasteiger partial charge is 0.460 e. The Balaban J connectivity index is 1.57. The fourth-order valence-electron chi connectivity index (χ4n) is 5.38. The zero-order valence-corrected chi connectivity index (χ0v) is 27.6. The van der Waals surface area contributed by atoms with Gasteiger partial charge in [0.2, 0.25) is 0 Å². The van der Waals surface area contributed by atoms with Gasteiger partial charge in [-0.25, -0.2) is 0 Å². The summed E-state index contributed by atoms with van der Waals surface area (Å²) in [6.07, 6.45) is 0.164. The van der Waals surface area contributed by atoms with E-state index in [0.717, 1.165) is 16.5 Å². The predicted octanol–water partition coefficient (Wildman–Crippen LogP) is 6.80. The van der Waals surface area contributed by atoms with Crippen LogP contribution in [0.15, 0.2) is 89.4 Å². The molecule has 0 saturated carbocycles. The van der Waals surface area contributed by atoms with Gasteiger partial charge >= 0.3 is 5.97 Å².